The Bertz CT molecular complexity index is 1180. The second-order valence-electron chi connectivity index (χ2n) is 6.42. The van der Waals surface area contributed by atoms with Crippen molar-refractivity contribution in [3.63, 3.8) is 0 Å². The van der Waals surface area contributed by atoms with Crippen LogP contribution in [0.25, 0.3) is 21.3 Å². The van der Waals surface area contributed by atoms with Crippen molar-refractivity contribution in [1.29, 1.82) is 0 Å². The normalized spacial score (nSPS) is 10.8. The Morgan fingerprint density at radius 1 is 0.933 bits per heavy atom. The first kappa shape index (κ1) is 19.8. The summed E-state index contributed by atoms with van der Waals surface area (Å²) in [6.45, 7) is 2.50. The van der Waals surface area contributed by atoms with E-state index in [0.717, 1.165) is 32.0 Å². The van der Waals surface area contributed by atoms with Gasteiger partial charge in [0.05, 0.1) is 33.4 Å². The van der Waals surface area contributed by atoms with Crippen molar-refractivity contribution in [3.8, 4) is 28.0 Å². The lowest BCUT2D eigenvalue weighted by molar-refractivity contribution is 0.356. The fourth-order valence-corrected chi connectivity index (χ4v) is 3.98. The molecular weight excluding hydrogens is 402 g/mol. The molecule has 3 heterocycles. The van der Waals surface area contributed by atoms with Gasteiger partial charge in [-0.2, -0.15) is 0 Å². The third-order valence-corrected chi connectivity index (χ3v) is 5.63. The van der Waals surface area contributed by atoms with Crippen LogP contribution in [0.4, 0.5) is 5.82 Å². The molecule has 0 fully saturated rings. The van der Waals surface area contributed by atoms with Crippen molar-refractivity contribution in [2.75, 3.05) is 26.6 Å². The van der Waals surface area contributed by atoms with Crippen LogP contribution in [0, 0.1) is 6.92 Å². The highest BCUT2D eigenvalue weighted by molar-refractivity contribution is 7.15. The molecule has 4 rings (SSSR count). The van der Waals surface area contributed by atoms with Gasteiger partial charge in [-0.15, -0.1) is 11.3 Å². The minimum absolute atomic E-state index is 0.357. The maximum Gasteiger partial charge on any atom is 0.316 e. The Hall–Kier alpha value is -3.46. The summed E-state index contributed by atoms with van der Waals surface area (Å²) in [7, 11) is 4.77. The number of benzene rings is 1. The number of aromatic nitrogens is 4. The topological polar surface area (TPSA) is 91.3 Å². The first-order valence-corrected chi connectivity index (χ1v) is 10.0. The number of thiophene rings is 1. The Morgan fingerprint density at radius 3 is 2.37 bits per heavy atom. The summed E-state index contributed by atoms with van der Waals surface area (Å²) >= 11 is 1.67. The van der Waals surface area contributed by atoms with E-state index in [0.29, 0.717) is 29.9 Å². The number of ether oxygens (including phenoxy) is 3. The van der Waals surface area contributed by atoms with Crippen LogP contribution >= 0.6 is 11.3 Å². The standard InChI is InChI=1S/C21H21N5O3S/c1-12-25-16-8-18(28-3)17(27-2)7-15(16)20(26-12)22-11-14-5-6-19(30-14)13-9-23-21(29-4)24-10-13/h5-10H,11H2,1-4H3,(H,22,25,26). The predicted molar refractivity (Wildman–Crippen MR) is 117 cm³/mol. The summed E-state index contributed by atoms with van der Waals surface area (Å²) in [5, 5.41) is 4.30. The first-order valence-electron chi connectivity index (χ1n) is 9.20. The zero-order valence-corrected chi connectivity index (χ0v) is 17.9. The quantitative estimate of drug-likeness (QED) is 0.475. The lowest BCUT2D eigenvalue weighted by atomic mass is 10.2. The van der Waals surface area contributed by atoms with Crippen LogP contribution in [0.5, 0.6) is 17.5 Å². The number of aryl methyl sites for hydroxylation is 1. The second kappa shape index (κ2) is 8.50. The highest BCUT2D eigenvalue weighted by Crippen LogP contribution is 2.34. The van der Waals surface area contributed by atoms with E-state index in [1.165, 1.54) is 0 Å². The molecule has 0 aliphatic carbocycles. The molecule has 1 aromatic carbocycles. The zero-order valence-electron chi connectivity index (χ0n) is 17.1. The maximum atomic E-state index is 5.43. The number of hydrogen-bond acceptors (Lipinski definition) is 9. The lowest BCUT2D eigenvalue weighted by Gasteiger charge is -2.12. The molecule has 0 unspecified atom stereocenters. The van der Waals surface area contributed by atoms with Gasteiger partial charge >= 0.3 is 6.01 Å². The average molecular weight is 423 g/mol. The van der Waals surface area contributed by atoms with Crippen LogP contribution in [0.3, 0.4) is 0 Å². The molecule has 0 aliphatic rings. The predicted octanol–water partition coefficient (Wildman–Crippen LogP) is 4.09. The number of nitrogens with zero attached hydrogens (tertiary/aromatic N) is 4. The van der Waals surface area contributed by atoms with E-state index < -0.39 is 0 Å². The average Bonchev–Trinajstić information content (AvgIpc) is 3.25. The number of rotatable bonds is 7. The van der Waals surface area contributed by atoms with E-state index in [4.69, 9.17) is 14.2 Å². The van der Waals surface area contributed by atoms with Gasteiger partial charge in [0.25, 0.3) is 0 Å². The van der Waals surface area contributed by atoms with Gasteiger partial charge in [-0.3, -0.25) is 0 Å². The van der Waals surface area contributed by atoms with E-state index in [2.05, 4.69) is 37.4 Å². The minimum atomic E-state index is 0.357. The van der Waals surface area contributed by atoms with Gasteiger partial charge in [0.2, 0.25) is 0 Å². The summed E-state index contributed by atoms with van der Waals surface area (Å²) in [6.07, 6.45) is 3.52. The second-order valence-corrected chi connectivity index (χ2v) is 7.59. The summed E-state index contributed by atoms with van der Waals surface area (Å²) < 4.78 is 15.8. The molecule has 9 heteroatoms. The van der Waals surface area contributed by atoms with Gasteiger partial charge in [-0.25, -0.2) is 19.9 Å². The molecule has 154 valence electrons. The molecule has 0 radical (unpaired) electrons. The van der Waals surface area contributed by atoms with Crippen LogP contribution in [0.15, 0.2) is 36.7 Å². The van der Waals surface area contributed by atoms with Crippen LogP contribution in [0.1, 0.15) is 10.7 Å². The van der Waals surface area contributed by atoms with Crippen molar-refractivity contribution < 1.29 is 14.2 Å². The van der Waals surface area contributed by atoms with E-state index in [1.54, 1.807) is 45.1 Å². The smallest absolute Gasteiger partial charge is 0.316 e. The molecule has 0 amide bonds. The van der Waals surface area contributed by atoms with Crippen LogP contribution in [0.2, 0.25) is 0 Å². The fraction of sp³-hybridized carbons (Fsp3) is 0.238. The number of methoxy groups -OCH3 is 3. The third-order valence-electron chi connectivity index (χ3n) is 4.50. The molecule has 0 saturated heterocycles. The number of hydrogen-bond donors (Lipinski definition) is 1. The molecule has 0 atom stereocenters. The molecular formula is C21H21N5O3S. The van der Waals surface area contributed by atoms with E-state index in [9.17, 15) is 0 Å². The lowest BCUT2D eigenvalue weighted by Crippen LogP contribution is -2.04. The molecule has 30 heavy (non-hydrogen) atoms. The van der Waals surface area contributed by atoms with E-state index in [-0.39, 0.29) is 0 Å². The Morgan fingerprint density at radius 2 is 1.67 bits per heavy atom. The first-order chi connectivity index (χ1) is 14.6. The Balaban J connectivity index is 1.58. The third kappa shape index (κ3) is 3.97. The molecule has 0 bridgehead atoms. The van der Waals surface area contributed by atoms with Gasteiger partial charge < -0.3 is 19.5 Å². The van der Waals surface area contributed by atoms with Crippen LogP contribution in [-0.4, -0.2) is 41.3 Å². The van der Waals surface area contributed by atoms with Crippen molar-refractivity contribution in [2.45, 2.75) is 13.5 Å². The zero-order chi connectivity index (χ0) is 21.1. The molecule has 0 spiro atoms. The highest BCUT2D eigenvalue weighted by Gasteiger charge is 2.13. The molecule has 0 saturated carbocycles. The van der Waals surface area contributed by atoms with Crippen molar-refractivity contribution >= 4 is 28.1 Å². The molecule has 4 aromatic rings. The van der Waals surface area contributed by atoms with Crippen molar-refractivity contribution in [1.82, 2.24) is 19.9 Å². The molecule has 1 N–H and O–H groups in total. The number of anilines is 1. The summed E-state index contributed by atoms with van der Waals surface area (Å²) in [4.78, 5) is 19.7. The number of nitrogens with one attached hydrogen (secondary N) is 1. The Kier molecular flexibility index (Phi) is 5.62. The summed E-state index contributed by atoms with van der Waals surface area (Å²) in [6, 6.07) is 8.25. The monoisotopic (exact) mass is 423 g/mol. The van der Waals surface area contributed by atoms with Gasteiger partial charge in [0.15, 0.2) is 11.5 Å². The highest BCUT2D eigenvalue weighted by atomic mass is 32.1. The minimum Gasteiger partial charge on any atom is -0.493 e. The van der Waals surface area contributed by atoms with Gasteiger partial charge in [0.1, 0.15) is 11.6 Å². The summed E-state index contributed by atoms with van der Waals surface area (Å²) in [5.41, 5.74) is 1.75. The number of fused-ring (bicyclic) bond motifs is 1. The Labute approximate surface area is 177 Å². The molecule has 3 aromatic heterocycles. The maximum absolute atomic E-state index is 5.43. The van der Waals surface area contributed by atoms with Gasteiger partial charge in [-0.1, -0.05) is 0 Å². The van der Waals surface area contributed by atoms with E-state index >= 15 is 0 Å². The van der Waals surface area contributed by atoms with Gasteiger partial charge in [-0.05, 0) is 25.1 Å². The SMILES string of the molecule is COc1ncc(-c2ccc(CNc3nc(C)nc4cc(OC)c(OC)cc34)s2)cn1. The van der Waals surface area contributed by atoms with Crippen LogP contribution < -0.4 is 19.5 Å². The largest absolute Gasteiger partial charge is 0.493 e. The fourth-order valence-electron chi connectivity index (χ4n) is 3.05. The summed E-state index contributed by atoms with van der Waals surface area (Å²) in [5.74, 6) is 2.71. The van der Waals surface area contributed by atoms with Crippen molar-refractivity contribution in [3.05, 3.63) is 47.4 Å². The van der Waals surface area contributed by atoms with Gasteiger partial charge in [0, 0.05) is 39.2 Å². The molecule has 0 aliphatic heterocycles. The molecule has 8 nitrogen and oxygen atoms in total. The van der Waals surface area contributed by atoms with Crippen LogP contribution in [-0.2, 0) is 6.54 Å². The van der Waals surface area contributed by atoms with E-state index in [1.807, 2.05) is 19.1 Å². The van der Waals surface area contributed by atoms with Crippen molar-refractivity contribution in [2.24, 2.45) is 0 Å².